The van der Waals surface area contributed by atoms with Crippen molar-refractivity contribution in [3.8, 4) is 0 Å². The Morgan fingerprint density at radius 3 is 0.763 bits per heavy atom. The quantitative estimate of drug-likeness (QED) is 0.0222. The zero-order chi connectivity index (χ0) is 68.4. The normalized spacial score (nSPS) is 14.3. The summed E-state index contributed by atoms with van der Waals surface area (Å²) in [5.74, 6) is -1.35. The number of carbonyl (C=O) groups excluding carboxylic acids is 4. The Labute approximate surface area is 568 Å². The molecule has 17 nitrogen and oxygen atoms in total. The van der Waals surface area contributed by atoms with Gasteiger partial charge in [-0.05, 0) is 31.6 Å². The third-order valence-corrected chi connectivity index (χ3v) is 19.5. The first-order chi connectivity index (χ1) is 45.1. The molecule has 0 rings (SSSR count). The van der Waals surface area contributed by atoms with E-state index in [0.29, 0.717) is 25.7 Å². The molecule has 0 radical (unpaired) electrons. The molecule has 93 heavy (non-hydrogen) atoms. The Bertz CT molecular complexity index is 1790. The van der Waals surface area contributed by atoms with E-state index >= 15 is 0 Å². The molecule has 0 aromatic carbocycles. The summed E-state index contributed by atoms with van der Waals surface area (Å²) in [6, 6.07) is 0. The van der Waals surface area contributed by atoms with Gasteiger partial charge in [-0.3, -0.25) is 37.3 Å². The van der Waals surface area contributed by atoms with Crippen LogP contribution in [0.3, 0.4) is 0 Å². The number of ether oxygens (including phenoxy) is 4. The van der Waals surface area contributed by atoms with Gasteiger partial charge in [0.05, 0.1) is 26.4 Å². The predicted octanol–water partition coefficient (Wildman–Crippen LogP) is 21.7. The third kappa shape index (κ3) is 67.0. The molecular weight excluding hydrogens is 1220 g/mol. The topological polar surface area (TPSA) is 237 Å². The van der Waals surface area contributed by atoms with Crippen molar-refractivity contribution >= 4 is 39.5 Å². The Balaban J connectivity index is 5.26. The van der Waals surface area contributed by atoms with Crippen molar-refractivity contribution < 1.29 is 80.2 Å². The highest BCUT2D eigenvalue weighted by Crippen LogP contribution is 2.45. The van der Waals surface area contributed by atoms with Crippen molar-refractivity contribution in [1.82, 2.24) is 0 Å². The number of unbranched alkanes of at least 4 members (excludes halogenated alkanes) is 45. The van der Waals surface area contributed by atoms with Gasteiger partial charge in [-0.1, -0.05) is 336 Å². The molecule has 0 bridgehead atoms. The van der Waals surface area contributed by atoms with Crippen molar-refractivity contribution in [3.05, 3.63) is 0 Å². The maximum absolute atomic E-state index is 13.1. The lowest BCUT2D eigenvalue weighted by atomic mass is 9.99. The van der Waals surface area contributed by atoms with E-state index in [1.54, 1.807) is 0 Å². The fourth-order valence-corrected chi connectivity index (χ4v) is 12.9. The van der Waals surface area contributed by atoms with Gasteiger partial charge in [0.15, 0.2) is 12.2 Å². The number of esters is 4. The monoisotopic (exact) mass is 1370 g/mol. The van der Waals surface area contributed by atoms with Crippen LogP contribution in [0.2, 0.25) is 0 Å². The zero-order valence-electron chi connectivity index (χ0n) is 60.4. The van der Waals surface area contributed by atoms with Crippen molar-refractivity contribution in [2.75, 3.05) is 39.6 Å². The van der Waals surface area contributed by atoms with E-state index in [1.807, 2.05) is 0 Å². The van der Waals surface area contributed by atoms with Crippen LogP contribution in [-0.2, 0) is 65.4 Å². The first-order valence-corrected chi connectivity index (χ1v) is 41.7. The van der Waals surface area contributed by atoms with Gasteiger partial charge >= 0.3 is 39.5 Å². The lowest BCUT2D eigenvalue weighted by Crippen LogP contribution is -2.30. The van der Waals surface area contributed by atoms with Crippen molar-refractivity contribution in [3.63, 3.8) is 0 Å². The Morgan fingerprint density at radius 1 is 0.301 bits per heavy atom. The molecule has 6 atom stereocenters. The number of carbonyl (C=O) groups is 4. The number of hydrogen-bond acceptors (Lipinski definition) is 15. The van der Waals surface area contributed by atoms with Crippen LogP contribution < -0.4 is 0 Å². The average molecular weight is 1370 g/mol. The Hall–Kier alpha value is -1.94. The lowest BCUT2D eigenvalue weighted by molar-refractivity contribution is -0.161. The molecule has 0 heterocycles. The summed E-state index contributed by atoms with van der Waals surface area (Å²) < 4.78 is 68.5. The molecule has 0 fully saturated rings. The largest absolute Gasteiger partial charge is 0.472 e. The second-order valence-corrected chi connectivity index (χ2v) is 29.8. The fraction of sp³-hybridized carbons (Fsp3) is 0.946. The van der Waals surface area contributed by atoms with E-state index < -0.39 is 97.5 Å². The Kier molecular flexibility index (Phi) is 65.9. The van der Waals surface area contributed by atoms with Crippen LogP contribution >= 0.6 is 15.6 Å². The van der Waals surface area contributed by atoms with Gasteiger partial charge < -0.3 is 33.8 Å². The molecule has 0 aliphatic rings. The minimum absolute atomic E-state index is 0.106. The summed E-state index contributed by atoms with van der Waals surface area (Å²) in [6.07, 6.45) is 55.2. The van der Waals surface area contributed by atoms with Crippen LogP contribution in [-0.4, -0.2) is 96.7 Å². The summed E-state index contributed by atoms with van der Waals surface area (Å²) in [5.41, 5.74) is 0. The van der Waals surface area contributed by atoms with Crippen molar-refractivity contribution in [2.24, 2.45) is 5.92 Å². The standard InChI is InChI=1S/C74H144O17P2/c1-6-10-13-16-19-22-25-28-29-30-32-35-38-44-49-54-59-73(78)90-69(63-84-72(77)58-53-48-43-37-34-31-26-23-20-17-14-11-7-2)65-88-92(80,81)86-61-68(75)62-87-93(82,83)89-66-70(91-74(79)60-55-50-45-40-39-41-46-51-56-67(5)9-4)64-85-71(76)57-52-47-42-36-33-27-24-21-18-15-12-8-3/h67-70,75H,6-66H2,1-5H3,(H,80,81)(H,82,83)/t67?,68-,69-,70-/m1/s1. The second kappa shape index (κ2) is 67.3. The van der Waals surface area contributed by atoms with E-state index in [9.17, 15) is 43.2 Å². The highest BCUT2D eigenvalue weighted by Gasteiger charge is 2.30. The first kappa shape index (κ1) is 91.1. The maximum Gasteiger partial charge on any atom is 0.472 e. The van der Waals surface area contributed by atoms with E-state index in [0.717, 1.165) is 95.8 Å². The minimum atomic E-state index is -4.95. The minimum Gasteiger partial charge on any atom is -0.462 e. The highest BCUT2D eigenvalue weighted by molar-refractivity contribution is 7.47. The highest BCUT2D eigenvalue weighted by atomic mass is 31.2. The van der Waals surface area contributed by atoms with Gasteiger partial charge in [-0.25, -0.2) is 9.13 Å². The summed E-state index contributed by atoms with van der Waals surface area (Å²) >= 11 is 0. The molecule has 0 saturated heterocycles. The molecule has 0 spiro atoms. The number of rotatable bonds is 74. The van der Waals surface area contributed by atoms with Gasteiger partial charge in [0, 0.05) is 25.7 Å². The molecule has 0 amide bonds. The molecule has 0 saturated carbocycles. The van der Waals surface area contributed by atoms with Crippen LogP contribution in [0.25, 0.3) is 0 Å². The molecule has 19 heteroatoms. The zero-order valence-corrected chi connectivity index (χ0v) is 62.2. The predicted molar refractivity (Wildman–Crippen MR) is 377 cm³/mol. The van der Waals surface area contributed by atoms with Crippen LogP contribution in [0, 0.1) is 5.92 Å². The van der Waals surface area contributed by atoms with Gasteiger partial charge in [0.2, 0.25) is 0 Å². The van der Waals surface area contributed by atoms with E-state index in [2.05, 4.69) is 34.6 Å². The van der Waals surface area contributed by atoms with Gasteiger partial charge in [0.1, 0.15) is 19.3 Å². The van der Waals surface area contributed by atoms with Gasteiger partial charge in [-0.15, -0.1) is 0 Å². The smallest absolute Gasteiger partial charge is 0.462 e. The lowest BCUT2D eigenvalue weighted by Gasteiger charge is -2.21. The van der Waals surface area contributed by atoms with E-state index in [-0.39, 0.29) is 25.7 Å². The summed E-state index contributed by atoms with van der Waals surface area (Å²) in [5, 5.41) is 10.6. The van der Waals surface area contributed by atoms with Crippen LogP contribution in [0.15, 0.2) is 0 Å². The van der Waals surface area contributed by atoms with Crippen molar-refractivity contribution in [2.45, 2.75) is 406 Å². The number of phosphoric ester groups is 2. The van der Waals surface area contributed by atoms with Gasteiger partial charge in [0.25, 0.3) is 0 Å². The number of aliphatic hydroxyl groups excluding tert-OH is 1. The SMILES string of the molecule is CCCCCCCCCCCCCCCCCCC(=O)O[C@H](COC(=O)CCCCCCCCCCCCCCC)COP(=O)(O)OC[C@@H](O)COP(=O)(O)OC[C@@H](COC(=O)CCCCCCCCCCCCCC)OC(=O)CCCCCCCCCCC(C)CC. The van der Waals surface area contributed by atoms with Crippen LogP contribution in [0.5, 0.6) is 0 Å². The molecule has 0 aromatic heterocycles. The average Bonchev–Trinajstić information content (AvgIpc) is 2.42. The molecular formula is C74H144O17P2. The number of aliphatic hydroxyl groups is 1. The first-order valence-electron chi connectivity index (χ1n) is 38.7. The fourth-order valence-electron chi connectivity index (χ4n) is 11.3. The molecule has 552 valence electrons. The molecule has 3 unspecified atom stereocenters. The Morgan fingerprint density at radius 2 is 0.516 bits per heavy atom. The third-order valence-electron chi connectivity index (χ3n) is 17.6. The number of phosphoric acid groups is 2. The molecule has 0 aliphatic carbocycles. The van der Waals surface area contributed by atoms with Crippen LogP contribution in [0.4, 0.5) is 0 Å². The maximum atomic E-state index is 13.1. The molecule has 0 aromatic rings. The summed E-state index contributed by atoms with van der Waals surface area (Å²) in [6.45, 7) is 7.28. The molecule has 0 aliphatic heterocycles. The second-order valence-electron chi connectivity index (χ2n) is 26.9. The van der Waals surface area contributed by atoms with Gasteiger partial charge in [-0.2, -0.15) is 0 Å². The molecule has 3 N–H and O–H groups in total. The van der Waals surface area contributed by atoms with E-state index in [1.165, 1.54) is 212 Å². The van der Waals surface area contributed by atoms with Crippen molar-refractivity contribution in [1.29, 1.82) is 0 Å². The van der Waals surface area contributed by atoms with E-state index in [4.69, 9.17) is 37.0 Å². The summed E-state index contributed by atoms with van der Waals surface area (Å²) in [7, 11) is -9.91. The number of hydrogen-bond donors (Lipinski definition) is 3. The summed E-state index contributed by atoms with van der Waals surface area (Å²) in [4.78, 5) is 72.8. The van der Waals surface area contributed by atoms with Crippen LogP contribution in [0.1, 0.15) is 388 Å².